The summed E-state index contributed by atoms with van der Waals surface area (Å²) in [5.74, 6) is 0.504. The molecule has 0 unspecified atom stereocenters. The third kappa shape index (κ3) is 5.34. The van der Waals surface area contributed by atoms with E-state index in [9.17, 15) is 9.59 Å². The molecule has 0 fully saturated rings. The third-order valence-electron chi connectivity index (χ3n) is 3.66. The van der Waals surface area contributed by atoms with Gasteiger partial charge in [-0.2, -0.15) is 0 Å². The summed E-state index contributed by atoms with van der Waals surface area (Å²) < 4.78 is 11.6. The van der Waals surface area contributed by atoms with Crippen LogP contribution in [0.25, 0.3) is 0 Å². The number of hydrogen-bond acceptors (Lipinski definition) is 5. The molecule has 1 aromatic heterocycles. The summed E-state index contributed by atoms with van der Waals surface area (Å²) in [4.78, 5) is 24.4. The fourth-order valence-corrected chi connectivity index (χ4v) is 3.52. The Morgan fingerprint density at radius 2 is 1.71 bits per heavy atom. The van der Waals surface area contributed by atoms with Crippen LogP contribution in [0, 0.1) is 0 Å². The molecule has 0 aliphatic rings. The number of amides is 2. The number of thiophene rings is 1. The molecule has 3 rings (SSSR count). The van der Waals surface area contributed by atoms with Crippen LogP contribution in [0.5, 0.6) is 11.5 Å². The first-order chi connectivity index (χ1) is 13.5. The SMILES string of the molecule is COc1ccccc1OCC(=O)Nc1cccc(NC(=O)c2csc(Br)c2)c1. The van der Waals surface area contributed by atoms with E-state index in [-0.39, 0.29) is 18.4 Å². The van der Waals surface area contributed by atoms with Crippen LogP contribution >= 0.6 is 27.3 Å². The molecular weight excluding hydrogens is 444 g/mol. The predicted molar refractivity (Wildman–Crippen MR) is 114 cm³/mol. The van der Waals surface area contributed by atoms with E-state index in [1.807, 2.05) is 6.07 Å². The molecule has 0 spiro atoms. The van der Waals surface area contributed by atoms with E-state index in [2.05, 4.69) is 26.6 Å². The molecule has 0 bridgehead atoms. The number of halogens is 1. The van der Waals surface area contributed by atoms with Crippen molar-refractivity contribution in [3.8, 4) is 11.5 Å². The fourth-order valence-electron chi connectivity index (χ4n) is 2.39. The summed E-state index contributed by atoms with van der Waals surface area (Å²) in [5.41, 5.74) is 1.70. The number of carbonyl (C=O) groups excluding carboxylic acids is 2. The molecule has 0 saturated heterocycles. The van der Waals surface area contributed by atoms with Gasteiger partial charge < -0.3 is 20.1 Å². The van der Waals surface area contributed by atoms with E-state index < -0.39 is 0 Å². The lowest BCUT2D eigenvalue weighted by molar-refractivity contribution is -0.118. The van der Waals surface area contributed by atoms with E-state index in [0.717, 1.165) is 3.79 Å². The Balaban J connectivity index is 1.57. The second-order valence-electron chi connectivity index (χ2n) is 5.66. The first-order valence-electron chi connectivity index (χ1n) is 8.26. The van der Waals surface area contributed by atoms with Gasteiger partial charge in [0.15, 0.2) is 18.1 Å². The summed E-state index contributed by atoms with van der Waals surface area (Å²) in [6.07, 6.45) is 0. The summed E-state index contributed by atoms with van der Waals surface area (Å²) in [7, 11) is 1.54. The van der Waals surface area contributed by atoms with E-state index in [1.165, 1.54) is 18.4 Å². The number of nitrogens with one attached hydrogen (secondary N) is 2. The highest BCUT2D eigenvalue weighted by atomic mass is 79.9. The van der Waals surface area contributed by atoms with Crippen molar-refractivity contribution in [3.05, 3.63) is 69.3 Å². The minimum atomic E-state index is -0.323. The molecule has 2 amide bonds. The minimum absolute atomic E-state index is 0.167. The van der Waals surface area contributed by atoms with Crippen LogP contribution in [-0.4, -0.2) is 25.5 Å². The quantitative estimate of drug-likeness (QED) is 0.531. The lowest BCUT2D eigenvalue weighted by atomic mass is 10.2. The molecule has 0 radical (unpaired) electrons. The molecule has 28 heavy (non-hydrogen) atoms. The van der Waals surface area contributed by atoms with E-state index in [0.29, 0.717) is 28.4 Å². The van der Waals surface area contributed by atoms with Gasteiger partial charge in [0.25, 0.3) is 11.8 Å². The normalized spacial score (nSPS) is 10.2. The maximum absolute atomic E-state index is 12.2. The van der Waals surface area contributed by atoms with Crippen LogP contribution < -0.4 is 20.1 Å². The molecule has 0 saturated carbocycles. The topological polar surface area (TPSA) is 76.7 Å². The van der Waals surface area contributed by atoms with Crippen molar-refractivity contribution in [1.82, 2.24) is 0 Å². The number of ether oxygens (including phenoxy) is 2. The summed E-state index contributed by atoms with van der Waals surface area (Å²) >= 11 is 4.77. The van der Waals surface area contributed by atoms with Gasteiger partial charge in [-0.3, -0.25) is 9.59 Å². The lowest BCUT2D eigenvalue weighted by Gasteiger charge is -2.11. The van der Waals surface area contributed by atoms with E-state index in [1.54, 1.807) is 53.9 Å². The van der Waals surface area contributed by atoms with Crippen molar-refractivity contribution in [1.29, 1.82) is 0 Å². The van der Waals surface area contributed by atoms with Crippen LogP contribution in [0.2, 0.25) is 0 Å². The average molecular weight is 461 g/mol. The maximum Gasteiger partial charge on any atom is 0.262 e. The minimum Gasteiger partial charge on any atom is -0.493 e. The van der Waals surface area contributed by atoms with Crippen LogP contribution in [0.3, 0.4) is 0 Å². The standard InChI is InChI=1S/C20H17BrN2O4S/c1-26-16-7-2-3-8-17(16)27-11-19(24)22-14-5-4-6-15(10-14)23-20(25)13-9-18(21)28-12-13/h2-10,12H,11H2,1H3,(H,22,24)(H,23,25). The van der Waals surface area contributed by atoms with Crippen LogP contribution in [0.15, 0.2) is 63.8 Å². The van der Waals surface area contributed by atoms with Crippen molar-refractivity contribution in [2.24, 2.45) is 0 Å². The van der Waals surface area contributed by atoms with E-state index >= 15 is 0 Å². The lowest BCUT2D eigenvalue weighted by Crippen LogP contribution is -2.20. The molecule has 0 atom stereocenters. The van der Waals surface area contributed by atoms with Crippen molar-refractivity contribution < 1.29 is 19.1 Å². The van der Waals surface area contributed by atoms with Crippen molar-refractivity contribution in [2.45, 2.75) is 0 Å². The first-order valence-corrected chi connectivity index (χ1v) is 9.93. The van der Waals surface area contributed by atoms with Crippen molar-refractivity contribution in [2.75, 3.05) is 24.4 Å². The molecule has 8 heteroatoms. The zero-order chi connectivity index (χ0) is 19.9. The van der Waals surface area contributed by atoms with Crippen LogP contribution in [0.1, 0.15) is 10.4 Å². The Hall–Kier alpha value is -2.84. The highest BCUT2D eigenvalue weighted by Crippen LogP contribution is 2.26. The zero-order valence-electron chi connectivity index (χ0n) is 14.9. The molecule has 6 nitrogen and oxygen atoms in total. The van der Waals surface area contributed by atoms with Gasteiger partial charge in [-0.05, 0) is 52.3 Å². The number of benzene rings is 2. The van der Waals surface area contributed by atoms with Gasteiger partial charge in [-0.15, -0.1) is 11.3 Å². The monoisotopic (exact) mass is 460 g/mol. The largest absolute Gasteiger partial charge is 0.493 e. The van der Waals surface area contributed by atoms with E-state index in [4.69, 9.17) is 9.47 Å². The highest BCUT2D eigenvalue weighted by Gasteiger charge is 2.10. The van der Waals surface area contributed by atoms with Gasteiger partial charge >= 0.3 is 0 Å². The van der Waals surface area contributed by atoms with Gasteiger partial charge in [0.05, 0.1) is 16.5 Å². The predicted octanol–water partition coefficient (Wildman–Crippen LogP) is 4.79. The number of methoxy groups -OCH3 is 1. The Bertz CT molecular complexity index is 990. The zero-order valence-corrected chi connectivity index (χ0v) is 17.3. The van der Waals surface area contributed by atoms with Gasteiger partial charge in [-0.25, -0.2) is 0 Å². The summed E-state index contributed by atoms with van der Waals surface area (Å²) in [6.45, 7) is -0.167. The molecule has 3 aromatic rings. The Kier molecular flexibility index (Phi) is 6.67. The van der Waals surface area contributed by atoms with Crippen molar-refractivity contribution in [3.63, 3.8) is 0 Å². The Morgan fingerprint density at radius 1 is 1.00 bits per heavy atom. The molecule has 1 heterocycles. The third-order valence-corrected chi connectivity index (χ3v) is 5.17. The van der Waals surface area contributed by atoms with Gasteiger partial charge in [0, 0.05) is 16.8 Å². The average Bonchev–Trinajstić information content (AvgIpc) is 3.13. The number of anilines is 2. The second-order valence-corrected chi connectivity index (χ2v) is 7.95. The summed E-state index contributed by atoms with van der Waals surface area (Å²) in [5, 5.41) is 7.32. The Labute approximate surface area is 174 Å². The highest BCUT2D eigenvalue weighted by molar-refractivity contribution is 9.11. The number of rotatable bonds is 7. The number of hydrogen-bond donors (Lipinski definition) is 2. The van der Waals surface area contributed by atoms with Crippen LogP contribution in [0.4, 0.5) is 11.4 Å². The summed E-state index contributed by atoms with van der Waals surface area (Å²) in [6, 6.07) is 15.8. The number of carbonyl (C=O) groups is 2. The smallest absolute Gasteiger partial charge is 0.262 e. The number of para-hydroxylation sites is 2. The van der Waals surface area contributed by atoms with Gasteiger partial charge in [0.1, 0.15) is 0 Å². The molecule has 144 valence electrons. The molecule has 2 N–H and O–H groups in total. The second kappa shape index (κ2) is 9.38. The van der Waals surface area contributed by atoms with Crippen molar-refractivity contribution >= 4 is 50.5 Å². The maximum atomic E-state index is 12.2. The molecule has 0 aliphatic heterocycles. The molecule has 2 aromatic carbocycles. The fraction of sp³-hybridized carbons (Fsp3) is 0.100. The molecule has 0 aliphatic carbocycles. The Morgan fingerprint density at radius 3 is 2.39 bits per heavy atom. The van der Waals surface area contributed by atoms with Gasteiger partial charge in [0.2, 0.25) is 0 Å². The van der Waals surface area contributed by atoms with Crippen LogP contribution in [-0.2, 0) is 4.79 Å². The van der Waals surface area contributed by atoms with Gasteiger partial charge in [-0.1, -0.05) is 18.2 Å². The first kappa shape index (κ1) is 19.9. The molecular formula is C20H17BrN2O4S.